The van der Waals surface area contributed by atoms with Crippen LogP contribution in [0.5, 0.6) is 0 Å². The highest BCUT2D eigenvalue weighted by Gasteiger charge is 2.26. The zero-order valence-electron chi connectivity index (χ0n) is 9.63. The molecule has 1 aliphatic carbocycles. The van der Waals surface area contributed by atoms with Crippen LogP contribution in [-0.2, 0) is 10.0 Å². The number of nitrogens with one attached hydrogen (secondary N) is 1. The highest BCUT2D eigenvalue weighted by atomic mass is 32.2. The van der Waals surface area contributed by atoms with Crippen molar-refractivity contribution in [2.24, 2.45) is 5.92 Å². The first-order valence-corrected chi connectivity index (χ1v) is 7.05. The van der Waals surface area contributed by atoms with E-state index in [1.165, 1.54) is 12.4 Å². The minimum Gasteiger partial charge on any atom is -0.368 e. The van der Waals surface area contributed by atoms with E-state index in [0.717, 1.165) is 19.3 Å². The normalized spacial score (nSPS) is 25.0. The largest absolute Gasteiger partial charge is 0.368 e. The predicted molar refractivity (Wildman–Crippen MR) is 63.6 cm³/mol. The number of anilines is 1. The van der Waals surface area contributed by atoms with Crippen molar-refractivity contribution in [1.82, 2.24) is 14.7 Å². The van der Waals surface area contributed by atoms with E-state index in [1.807, 2.05) is 0 Å². The van der Waals surface area contributed by atoms with Gasteiger partial charge < -0.3 is 5.73 Å². The summed E-state index contributed by atoms with van der Waals surface area (Å²) in [6, 6.07) is 0.0209. The highest BCUT2D eigenvalue weighted by Crippen LogP contribution is 2.25. The fourth-order valence-corrected chi connectivity index (χ4v) is 3.24. The number of nitrogens with zero attached hydrogens (tertiary/aromatic N) is 2. The van der Waals surface area contributed by atoms with Gasteiger partial charge in [0.1, 0.15) is 4.90 Å². The summed E-state index contributed by atoms with van der Waals surface area (Å²) >= 11 is 0. The molecule has 3 N–H and O–H groups in total. The SMILES string of the molecule is CC1CCC(NS(=O)(=O)c2cnc(N)nc2)C1. The molecule has 0 bridgehead atoms. The van der Waals surface area contributed by atoms with E-state index >= 15 is 0 Å². The van der Waals surface area contributed by atoms with Crippen molar-refractivity contribution in [2.75, 3.05) is 5.73 Å². The molecule has 0 radical (unpaired) electrons. The second kappa shape index (κ2) is 4.58. The van der Waals surface area contributed by atoms with Gasteiger partial charge in [0.15, 0.2) is 0 Å². The lowest BCUT2D eigenvalue weighted by atomic mass is 10.1. The van der Waals surface area contributed by atoms with Gasteiger partial charge in [0.05, 0.1) is 12.4 Å². The number of hydrogen-bond acceptors (Lipinski definition) is 5. The van der Waals surface area contributed by atoms with Gasteiger partial charge in [-0.2, -0.15) is 0 Å². The average molecular weight is 256 g/mol. The Labute approximate surface area is 101 Å². The quantitative estimate of drug-likeness (QED) is 0.821. The van der Waals surface area contributed by atoms with Gasteiger partial charge in [-0.05, 0) is 25.2 Å². The van der Waals surface area contributed by atoms with Crippen LogP contribution in [0.25, 0.3) is 0 Å². The zero-order chi connectivity index (χ0) is 12.5. The van der Waals surface area contributed by atoms with E-state index in [9.17, 15) is 8.42 Å². The summed E-state index contributed by atoms with van der Waals surface area (Å²) in [4.78, 5) is 7.43. The predicted octanol–water partition coefficient (Wildman–Crippen LogP) is 0.526. The number of nitrogen functional groups attached to an aromatic ring is 1. The Morgan fingerprint density at radius 3 is 2.53 bits per heavy atom. The zero-order valence-corrected chi connectivity index (χ0v) is 10.4. The van der Waals surface area contributed by atoms with Gasteiger partial charge in [-0.1, -0.05) is 6.92 Å². The monoisotopic (exact) mass is 256 g/mol. The van der Waals surface area contributed by atoms with E-state index in [1.54, 1.807) is 0 Å². The summed E-state index contributed by atoms with van der Waals surface area (Å²) in [5, 5.41) is 0. The molecule has 0 spiro atoms. The van der Waals surface area contributed by atoms with Crippen LogP contribution in [0.3, 0.4) is 0 Å². The van der Waals surface area contributed by atoms with Crippen molar-refractivity contribution in [3.8, 4) is 0 Å². The number of nitrogens with two attached hydrogens (primary N) is 1. The summed E-state index contributed by atoms with van der Waals surface area (Å²) in [5.74, 6) is 0.642. The molecule has 1 aliphatic rings. The summed E-state index contributed by atoms with van der Waals surface area (Å²) in [5.41, 5.74) is 5.31. The van der Waals surface area contributed by atoms with E-state index in [4.69, 9.17) is 5.73 Å². The number of hydrogen-bond donors (Lipinski definition) is 2. The number of rotatable bonds is 3. The molecule has 2 rings (SSSR count). The van der Waals surface area contributed by atoms with Crippen LogP contribution >= 0.6 is 0 Å². The molecule has 2 unspecified atom stereocenters. The summed E-state index contributed by atoms with van der Waals surface area (Å²) < 4.78 is 26.6. The van der Waals surface area contributed by atoms with Crippen LogP contribution in [-0.4, -0.2) is 24.4 Å². The molecule has 1 heterocycles. The topological polar surface area (TPSA) is 98.0 Å². The average Bonchev–Trinajstić information content (AvgIpc) is 2.63. The Morgan fingerprint density at radius 1 is 1.35 bits per heavy atom. The molecule has 6 nitrogen and oxygen atoms in total. The van der Waals surface area contributed by atoms with Gasteiger partial charge in [0.25, 0.3) is 0 Å². The third-order valence-electron chi connectivity index (χ3n) is 2.98. The number of sulfonamides is 1. The number of aromatic nitrogens is 2. The van der Waals surface area contributed by atoms with E-state index in [-0.39, 0.29) is 16.9 Å². The molecule has 2 atom stereocenters. The molecule has 94 valence electrons. The second-order valence-corrected chi connectivity index (χ2v) is 6.23. The van der Waals surface area contributed by atoms with Crippen LogP contribution in [0.2, 0.25) is 0 Å². The molecule has 1 aromatic heterocycles. The van der Waals surface area contributed by atoms with Gasteiger partial charge >= 0.3 is 0 Å². The van der Waals surface area contributed by atoms with Crippen molar-refractivity contribution < 1.29 is 8.42 Å². The molecule has 7 heteroatoms. The first-order valence-electron chi connectivity index (χ1n) is 5.57. The van der Waals surface area contributed by atoms with Gasteiger partial charge in [0, 0.05) is 6.04 Å². The van der Waals surface area contributed by atoms with Gasteiger partial charge in [-0.25, -0.2) is 23.1 Å². The maximum atomic E-state index is 12.0. The molecular formula is C10H16N4O2S. The Morgan fingerprint density at radius 2 is 2.00 bits per heavy atom. The fraction of sp³-hybridized carbons (Fsp3) is 0.600. The summed E-state index contributed by atoms with van der Waals surface area (Å²) in [6.07, 6.45) is 5.28. The minimum absolute atomic E-state index is 0.0209. The van der Waals surface area contributed by atoms with Crippen molar-refractivity contribution in [3.63, 3.8) is 0 Å². The Hall–Kier alpha value is -1.21. The van der Waals surface area contributed by atoms with E-state index < -0.39 is 10.0 Å². The molecule has 0 amide bonds. The first kappa shape index (κ1) is 12.3. The Kier molecular flexibility index (Phi) is 3.30. The van der Waals surface area contributed by atoms with Crippen molar-refractivity contribution >= 4 is 16.0 Å². The van der Waals surface area contributed by atoms with Crippen molar-refractivity contribution in [2.45, 2.75) is 37.1 Å². The summed E-state index contributed by atoms with van der Waals surface area (Å²) in [6.45, 7) is 2.13. The molecule has 0 aromatic carbocycles. The smallest absolute Gasteiger partial charge is 0.243 e. The van der Waals surface area contributed by atoms with Crippen molar-refractivity contribution in [1.29, 1.82) is 0 Å². The molecular weight excluding hydrogens is 240 g/mol. The standard InChI is InChI=1S/C10H16N4O2S/c1-7-2-3-8(4-7)14-17(15,16)9-5-12-10(11)13-6-9/h5-8,14H,2-4H2,1H3,(H2,11,12,13). The molecule has 1 aromatic rings. The van der Waals surface area contributed by atoms with Crippen molar-refractivity contribution in [3.05, 3.63) is 12.4 Å². The van der Waals surface area contributed by atoms with Crippen LogP contribution in [0.15, 0.2) is 17.3 Å². The highest BCUT2D eigenvalue weighted by molar-refractivity contribution is 7.89. The lowest BCUT2D eigenvalue weighted by Crippen LogP contribution is -2.33. The van der Waals surface area contributed by atoms with E-state index in [0.29, 0.717) is 5.92 Å². The van der Waals surface area contributed by atoms with Crippen LogP contribution in [0.1, 0.15) is 26.2 Å². The Balaban J connectivity index is 2.11. The van der Waals surface area contributed by atoms with Gasteiger partial charge in [0.2, 0.25) is 16.0 Å². The van der Waals surface area contributed by atoms with Crippen LogP contribution in [0, 0.1) is 5.92 Å². The molecule has 1 saturated carbocycles. The first-order chi connectivity index (χ1) is 7.97. The fourth-order valence-electron chi connectivity index (χ4n) is 2.07. The Bertz CT molecular complexity index is 486. The van der Waals surface area contributed by atoms with Crippen LogP contribution < -0.4 is 10.5 Å². The molecule has 0 saturated heterocycles. The van der Waals surface area contributed by atoms with Gasteiger partial charge in [-0.3, -0.25) is 0 Å². The lowest BCUT2D eigenvalue weighted by Gasteiger charge is -2.12. The third-order valence-corrected chi connectivity index (χ3v) is 4.45. The maximum absolute atomic E-state index is 12.0. The maximum Gasteiger partial charge on any atom is 0.243 e. The molecule has 17 heavy (non-hydrogen) atoms. The molecule has 1 fully saturated rings. The van der Waals surface area contributed by atoms with Crippen LogP contribution in [0.4, 0.5) is 5.95 Å². The lowest BCUT2D eigenvalue weighted by molar-refractivity contribution is 0.538. The molecule has 0 aliphatic heterocycles. The minimum atomic E-state index is -3.51. The second-order valence-electron chi connectivity index (χ2n) is 4.51. The van der Waals surface area contributed by atoms with Gasteiger partial charge in [-0.15, -0.1) is 0 Å². The third kappa shape index (κ3) is 2.92. The van der Waals surface area contributed by atoms with E-state index in [2.05, 4.69) is 21.6 Å². The summed E-state index contributed by atoms with van der Waals surface area (Å²) in [7, 11) is -3.51.